The van der Waals surface area contributed by atoms with Crippen LogP contribution in [0.3, 0.4) is 0 Å². The van der Waals surface area contributed by atoms with Gasteiger partial charge >= 0.3 is 12.1 Å². The van der Waals surface area contributed by atoms with Gasteiger partial charge in [-0.1, -0.05) is 60.3 Å². The fourth-order valence-corrected chi connectivity index (χ4v) is 3.86. The van der Waals surface area contributed by atoms with Gasteiger partial charge in [0.15, 0.2) is 0 Å². The smallest absolute Gasteiger partial charge is 0.407 e. The van der Waals surface area contributed by atoms with Crippen LogP contribution < -0.4 is 5.32 Å². The first-order valence-electron chi connectivity index (χ1n) is 8.71. The zero-order valence-electron chi connectivity index (χ0n) is 14.8. The molecule has 0 fully saturated rings. The Kier molecular flexibility index (Phi) is 6.51. The first-order chi connectivity index (χ1) is 13.5. The number of carbonyl (C=O) groups excluding carboxylic acids is 1. The van der Waals surface area contributed by atoms with Crippen molar-refractivity contribution in [3.8, 4) is 11.1 Å². The zero-order valence-corrected chi connectivity index (χ0v) is 15.6. The Labute approximate surface area is 165 Å². The van der Waals surface area contributed by atoms with Crippen molar-refractivity contribution in [1.82, 2.24) is 5.32 Å². The number of hydrogen-bond acceptors (Lipinski definition) is 4. The van der Waals surface area contributed by atoms with Crippen molar-refractivity contribution in [2.24, 2.45) is 0 Å². The van der Waals surface area contributed by atoms with Crippen molar-refractivity contribution in [3.63, 3.8) is 0 Å². The van der Waals surface area contributed by atoms with Gasteiger partial charge in [-0.25, -0.2) is 9.59 Å². The number of alkyl carbamates (subject to hydrolysis) is 1. The van der Waals surface area contributed by atoms with Gasteiger partial charge in [-0.2, -0.15) is 8.78 Å². The van der Waals surface area contributed by atoms with E-state index in [2.05, 4.69) is 5.32 Å². The summed E-state index contributed by atoms with van der Waals surface area (Å²) in [4.78, 5) is 23.3. The Morgan fingerprint density at radius 1 is 1.07 bits per heavy atom. The highest BCUT2D eigenvalue weighted by atomic mass is 32.2. The summed E-state index contributed by atoms with van der Waals surface area (Å²) >= 11 is 0.334. The Hall–Kier alpha value is -2.61. The van der Waals surface area contributed by atoms with E-state index in [4.69, 9.17) is 9.84 Å². The van der Waals surface area contributed by atoms with Crippen LogP contribution in [-0.4, -0.2) is 41.3 Å². The second-order valence-corrected chi connectivity index (χ2v) is 7.38. The van der Waals surface area contributed by atoms with E-state index in [1.807, 2.05) is 48.5 Å². The Balaban J connectivity index is 1.62. The molecule has 1 aliphatic carbocycles. The molecule has 1 atom stereocenters. The van der Waals surface area contributed by atoms with Crippen molar-refractivity contribution in [3.05, 3.63) is 59.7 Å². The first-order valence-corrected chi connectivity index (χ1v) is 9.76. The second-order valence-electron chi connectivity index (χ2n) is 6.28. The van der Waals surface area contributed by atoms with Gasteiger partial charge in [0.2, 0.25) is 0 Å². The number of thioether (sulfide) groups is 1. The van der Waals surface area contributed by atoms with Crippen LogP contribution in [0.4, 0.5) is 13.6 Å². The lowest BCUT2D eigenvalue weighted by Gasteiger charge is -2.17. The maximum Gasteiger partial charge on any atom is 0.407 e. The highest BCUT2D eigenvalue weighted by Gasteiger charge is 2.29. The molecule has 5 nitrogen and oxygen atoms in total. The molecule has 0 bridgehead atoms. The molecule has 0 unspecified atom stereocenters. The number of nitrogens with one attached hydrogen (secondary N) is 1. The molecule has 0 spiro atoms. The fraction of sp³-hybridized carbons (Fsp3) is 0.300. The highest BCUT2D eigenvalue weighted by molar-refractivity contribution is 7.99. The fourth-order valence-electron chi connectivity index (χ4n) is 3.31. The summed E-state index contributed by atoms with van der Waals surface area (Å²) in [6.45, 7) is 0.0536. The summed E-state index contributed by atoms with van der Waals surface area (Å²) in [6, 6.07) is 14.4. The Bertz CT molecular complexity index is 816. The molecule has 0 saturated carbocycles. The molecule has 1 aliphatic rings. The van der Waals surface area contributed by atoms with E-state index in [-0.39, 0.29) is 24.7 Å². The molecule has 2 N–H and O–H groups in total. The number of rotatable bonds is 8. The minimum atomic E-state index is -2.58. The Morgan fingerprint density at radius 2 is 1.64 bits per heavy atom. The molecule has 0 heterocycles. The van der Waals surface area contributed by atoms with Crippen LogP contribution in [-0.2, 0) is 9.53 Å². The molecule has 8 heteroatoms. The third-order valence-corrected chi connectivity index (χ3v) is 5.31. The minimum absolute atomic E-state index is 0.0536. The average Bonchev–Trinajstić information content (AvgIpc) is 2.99. The van der Waals surface area contributed by atoms with Gasteiger partial charge < -0.3 is 15.2 Å². The largest absolute Gasteiger partial charge is 0.480 e. The summed E-state index contributed by atoms with van der Waals surface area (Å²) in [5.74, 6) is -4.10. The van der Waals surface area contributed by atoms with E-state index in [0.29, 0.717) is 11.8 Å². The summed E-state index contributed by atoms with van der Waals surface area (Å²) in [7, 11) is 0. The maximum absolute atomic E-state index is 12.2. The number of carboxylic acid groups (broad SMARTS) is 1. The van der Waals surface area contributed by atoms with Crippen LogP contribution in [0.25, 0.3) is 11.1 Å². The van der Waals surface area contributed by atoms with Gasteiger partial charge in [-0.15, -0.1) is 0 Å². The van der Waals surface area contributed by atoms with Crippen molar-refractivity contribution < 1.29 is 28.2 Å². The monoisotopic (exact) mass is 407 g/mol. The molecular weight excluding hydrogens is 388 g/mol. The molecule has 3 rings (SSSR count). The van der Waals surface area contributed by atoms with Crippen molar-refractivity contribution in [2.45, 2.75) is 24.1 Å². The van der Waals surface area contributed by atoms with Crippen LogP contribution in [0.5, 0.6) is 0 Å². The van der Waals surface area contributed by atoms with Crippen LogP contribution >= 0.6 is 11.8 Å². The van der Waals surface area contributed by atoms with Crippen molar-refractivity contribution in [2.75, 3.05) is 12.4 Å². The number of benzene rings is 2. The molecule has 0 aliphatic heterocycles. The summed E-state index contributed by atoms with van der Waals surface area (Å²) < 4.78 is 29.7. The lowest BCUT2D eigenvalue weighted by atomic mass is 9.98. The number of ether oxygens (including phenoxy) is 1. The lowest BCUT2D eigenvalue weighted by molar-refractivity contribution is -0.139. The average molecular weight is 407 g/mol. The standard InChI is InChI=1S/C20H19F2NO4S/c21-19(22)28-10-9-17(18(24)25)23-20(26)27-11-16-14-7-3-1-5-12(14)13-6-2-4-8-15(13)16/h1-8,16-17,19H,9-11H2,(H,23,26)(H,24,25)/t17-/m0/s1. The molecular formula is C20H19F2NO4S. The van der Waals surface area contributed by atoms with Crippen LogP contribution in [0, 0.1) is 0 Å². The summed E-state index contributed by atoms with van der Waals surface area (Å²) in [5.41, 5.74) is 4.25. The van der Waals surface area contributed by atoms with Gasteiger partial charge in [-0.3, -0.25) is 0 Å². The predicted octanol–water partition coefficient (Wildman–Crippen LogP) is 4.32. The number of amides is 1. The lowest BCUT2D eigenvalue weighted by Crippen LogP contribution is -2.41. The molecule has 0 aromatic heterocycles. The second kappa shape index (κ2) is 9.05. The van der Waals surface area contributed by atoms with Crippen LogP contribution in [0.1, 0.15) is 23.5 Å². The number of halogens is 2. The number of hydrogen-bond donors (Lipinski definition) is 2. The van der Waals surface area contributed by atoms with E-state index in [9.17, 15) is 18.4 Å². The molecule has 0 saturated heterocycles. The highest BCUT2D eigenvalue weighted by Crippen LogP contribution is 2.44. The van der Waals surface area contributed by atoms with Crippen LogP contribution in [0.15, 0.2) is 48.5 Å². The predicted molar refractivity (Wildman–Crippen MR) is 103 cm³/mol. The van der Waals surface area contributed by atoms with Crippen molar-refractivity contribution in [1.29, 1.82) is 0 Å². The zero-order chi connectivity index (χ0) is 20.1. The molecule has 28 heavy (non-hydrogen) atoms. The quantitative estimate of drug-likeness (QED) is 0.682. The number of aliphatic carboxylic acids is 1. The van der Waals surface area contributed by atoms with E-state index < -0.39 is 23.9 Å². The number of carboxylic acids is 1. The molecule has 2 aromatic carbocycles. The van der Waals surface area contributed by atoms with E-state index in [1.165, 1.54) is 0 Å². The van der Waals surface area contributed by atoms with Gasteiger partial charge in [0.1, 0.15) is 12.6 Å². The van der Waals surface area contributed by atoms with E-state index in [1.54, 1.807) is 0 Å². The van der Waals surface area contributed by atoms with Gasteiger partial charge in [0, 0.05) is 11.7 Å². The van der Waals surface area contributed by atoms with Crippen molar-refractivity contribution >= 4 is 23.8 Å². The van der Waals surface area contributed by atoms with Gasteiger partial charge in [-0.05, 0) is 28.7 Å². The maximum atomic E-state index is 12.2. The molecule has 2 aromatic rings. The molecule has 1 amide bonds. The SMILES string of the molecule is O=C(N[C@@H](CCSC(F)F)C(=O)O)OCC1c2ccccc2-c2ccccc21. The number of alkyl halides is 2. The van der Waals surface area contributed by atoms with Gasteiger partial charge in [0.05, 0.1) is 0 Å². The molecule has 0 radical (unpaired) electrons. The normalized spacial score (nSPS) is 13.7. The third kappa shape index (κ3) is 4.62. The topological polar surface area (TPSA) is 75.6 Å². The van der Waals surface area contributed by atoms with Crippen LogP contribution in [0.2, 0.25) is 0 Å². The minimum Gasteiger partial charge on any atom is -0.480 e. The first kappa shape index (κ1) is 20.1. The number of fused-ring (bicyclic) bond motifs is 3. The number of carbonyl (C=O) groups is 2. The van der Waals surface area contributed by atoms with Gasteiger partial charge in [0.25, 0.3) is 5.76 Å². The van der Waals surface area contributed by atoms with E-state index >= 15 is 0 Å². The molecule has 148 valence electrons. The Morgan fingerprint density at radius 3 is 2.18 bits per heavy atom. The summed E-state index contributed by atoms with van der Waals surface area (Å²) in [5, 5.41) is 11.4. The van der Waals surface area contributed by atoms with E-state index in [0.717, 1.165) is 22.3 Å². The third-order valence-electron chi connectivity index (χ3n) is 4.58. The summed E-state index contributed by atoms with van der Waals surface area (Å²) in [6.07, 6.45) is -0.995.